The maximum atomic E-state index is 14.1. The topological polar surface area (TPSA) is 41.3 Å². The van der Waals surface area contributed by atoms with E-state index in [4.69, 9.17) is 4.98 Å². The molecule has 0 aliphatic carbocycles. The van der Waals surface area contributed by atoms with Gasteiger partial charge in [-0.05, 0) is 31.0 Å². The Labute approximate surface area is 140 Å². The van der Waals surface area contributed by atoms with E-state index < -0.39 is 0 Å². The van der Waals surface area contributed by atoms with Crippen molar-refractivity contribution >= 4 is 17.0 Å². The summed E-state index contributed by atoms with van der Waals surface area (Å²) in [5.74, 6) is 0.595. The van der Waals surface area contributed by atoms with Crippen LogP contribution in [0.1, 0.15) is 18.4 Å². The summed E-state index contributed by atoms with van der Waals surface area (Å²) in [6, 6.07) is 14.7. The number of rotatable bonds is 3. The van der Waals surface area contributed by atoms with Crippen LogP contribution in [0.2, 0.25) is 0 Å². The van der Waals surface area contributed by atoms with E-state index in [0.29, 0.717) is 18.7 Å². The molecule has 1 unspecified atom stereocenters. The van der Waals surface area contributed by atoms with Crippen LogP contribution in [0.4, 0.5) is 10.3 Å². The Bertz CT molecular complexity index is 861. The van der Waals surface area contributed by atoms with Gasteiger partial charge in [-0.15, -0.1) is 0 Å². The van der Waals surface area contributed by atoms with Gasteiger partial charge in [0.25, 0.3) is 0 Å². The Hall–Kier alpha value is -2.40. The highest BCUT2D eigenvalue weighted by Gasteiger charge is 2.23. The van der Waals surface area contributed by atoms with Crippen LogP contribution in [0.15, 0.2) is 48.5 Å². The molecule has 0 amide bonds. The lowest BCUT2D eigenvalue weighted by atomic mass is 10.1. The van der Waals surface area contributed by atoms with Gasteiger partial charge in [-0.2, -0.15) is 0 Å². The van der Waals surface area contributed by atoms with Crippen molar-refractivity contribution in [2.45, 2.75) is 25.5 Å². The summed E-state index contributed by atoms with van der Waals surface area (Å²) in [4.78, 5) is 6.86. The van der Waals surface area contributed by atoms with E-state index in [0.717, 1.165) is 36.4 Å². The van der Waals surface area contributed by atoms with Crippen LogP contribution in [-0.2, 0) is 6.54 Å². The van der Waals surface area contributed by atoms with Crippen molar-refractivity contribution in [2.24, 2.45) is 0 Å². The van der Waals surface area contributed by atoms with Gasteiger partial charge < -0.3 is 14.6 Å². The Morgan fingerprint density at radius 2 is 1.92 bits per heavy atom. The Morgan fingerprint density at radius 1 is 1.12 bits per heavy atom. The van der Waals surface area contributed by atoms with Crippen molar-refractivity contribution in [3.05, 3.63) is 59.9 Å². The fourth-order valence-corrected chi connectivity index (χ4v) is 3.39. The maximum absolute atomic E-state index is 14.1. The first-order valence-electron chi connectivity index (χ1n) is 8.34. The minimum Gasteiger partial charge on any atom is -0.391 e. The molecule has 24 heavy (non-hydrogen) atoms. The number of halogens is 1. The molecule has 1 N–H and O–H groups in total. The molecule has 4 rings (SSSR count). The molecule has 124 valence electrons. The number of nitrogens with zero attached hydrogens (tertiary/aromatic N) is 3. The number of aliphatic hydroxyl groups is 1. The van der Waals surface area contributed by atoms with E-state index in [9.17, 15) is 9.50 Å². The first-order chi connectivity index (χ1) is 11.7. The van der Waals surface area contributed by atoms with Crippen LogP contribution in [-0.4, -0.2) is 33.9 Å². The van der Waals surface area contributed by atoms with Gasteiger partial charge in [-0.3, -0.25) is 0 Å². The lowest BCUT2D eigenvalue weighted by Gasteiger charge is -2.31. The largest absolute Gasteiger partial charge is 0.391 e. The molecule has 1 aliphatic rings. The lowest BCUT2D eigenvalue weighted by molar-refractivity contribution is 0.153. The van der Waals surface area contributed by atoms with Crippen molar-refractivity contribution in [3.8, 4) is 0 Å². The number of hydrogen-bond donors (Lipinski definition) is 1. The Balaban J connectivity index is 1.80. The molecule has 2 aromatic carbocycles. The number of para-hydroxylation sites is 2. The molecule has 1 aromatic heterocycles. The van der Waals surface area contributed by atoms with E-state index >= 15 is 0 Å². The Morgan fingerprint density at radius 3 is 2.75 bits per heavy atom. The van der Waals surface area contributed by atoms with Gasteiger partial charge in [0.15, 0.2) is 0 Å². The van der Waals surface area contributed by atoms with Gasteiger partial charge in [0.1, 0.15) is 5.82 Å². The molecule has 0 bridgehead atoms. The second-order valence-corrected chi connectivity index (χ2v) is 6.32. The van der Waals surface area contributed by atoms with Gasteiger partial charge in [0, 0.05) is 18.7 Å². The highest BCUT2D eigenvalue weighted by molar-refractivity contribution is 5.79. The van der Waals surface area contributed by atoms with Crippen molar-refractivity contribution in [1.82, 2.24) is 9.55 Å². The minimum atomic E-state index is -0.333. The monoisotopic (exact) mass is 325 g/mol. The third kappa shape index (κ3) is 2.76. The summed E-state index contributed by atoms with van der Waals surface area (Å²) in [5.41, 5.74) is 2.51. The zero-order chi connectivity index (χ0) is 16.5. The molecule has 0 saturated carbocycles. The molecule has 1 atom stereocenters. The zero-order valence-corrected chi connectivity index (χ0v) is 13.4. The molecule has 1 fully saturated rings. The number of anilines is 1. The molecule has 4 nitrogen and oxygen atoms in total. The number of fused-ring (bicyclic) bond motifs is 1. The average molecular weight is 325 g/mol. The number of aliphatic hydroxyl groups excluding tert-OH is 1. The Kier molecular flexibility index (Phi) is 3.94. The molecule has 1 saturated heterocycles. The van der Waals surface area contributed by atoms with Crippen LogP contribution in [0.3, 0.4) is 0 Å². The van der Waals surface area contributed by atoms with Crippen LogP contribution in [0.5, 0.6) is 0 Å². The lowest BCUT2D eigenvalue weighted by Crippen LogP contribution is -2.39. The summed E-state index contributed by atoms with van der Waals surface area (Å²) in [6.07, 6.45) is 1.43. The molecule has 5 heteroatoms. The van der Waals surface area contributed by atoms with Crippen LogP contribution in [0.25, 0.3) is 11.0 Å². The fraction of sp³-hybridized carbons (Fsp3) is 0.316. The normalized spacial score (nSPS) is 18.2. The van der Waals surface area contributed by atoms with Crippen molar-refractivity contribution in [3.63, 3.8) is 0 Å². The third-order valence-electron chi connectivity index (χ3n) is 4.60. The quantitative estimate of drug-likeness (QED) is 0.804. The van der Waals surface area contributed by atoms with Gasteiger partial charge in [-0.25, -0.2) is 9.37 Å². The van der Waals surface area contributed by atoms with Crippen LogP contribution < -0.4 is 4.90 Å². The predicted molar refractivity (Wildman–Crippen MR) is 92.7 cm³/mol. The smallest absolute Gasteiger partial charge is 0.206 e. The van der Waals surface area contributed by atoms with E-state index in [2.05, 4.69) is 4.90 Å². The maximum Gasteiger partial charge on any atom is 0.206 e. The van der Waals surface area contributed by atoms with Crippen LogP contribution >= 0.6 is 0 Å². The molecule has 2 heterocycles. The predicted octanol–water partition coefficient (Wildman–Crippen LogP) is 3.18. The first-order valence-corrected chi connectivity index (χ1v) is 8.34. The van der Waals surface area contributed by atoms with E-state index in [-0.39, 0.29) is 11.9 Å². The summed E-state index contributed by atoms with van der Waals surface area (Å²) < 4.78 is 16.2. The molecule has 1 aliphatic heterocycles. The van der Waals surface area contributed by atoms with E-state index in [1.807, 2.05) is 34.9 Å². The van der Waals surface area contributed by atoms with Gasteiger partial charge in [0.2, 0.25) is 5.95 Å². The number of benzene rings is 2. The highest BCUT2D eigenvalue weighted by Crippen LogP contribution is 2.26. The second kappa shape index (κ2) is 6.24. The van der Waals surface area contributed by atoms with E-state index in [1.54, 1.807) is 12.1 Å². The molecule has 3 aromatic rings. The van der Waals surface area contributed by atoms with Gasteiger partial charge in [-0.1, -0.05) is 30.3 Å². The SMILES string of the molecule is OC1CCCN(c2nc3ccccc3n2Cc2ccccc2F)C1. The van der Waals surface area contributed by atoms with Gasteiger partial charge >= 0.3 is 0 Å². The third-order valence-corrected chi connectivity index (χ3v) is 4.60. The second-order valence-electron chi connectivity index (χ2n) is 6.32. The van der Waals surface area contributed by atoms with Gasteiger partial charge in [0.05, 0.1) is 23.7 Å². The molecule has 0 radical (unpaired) electrons. The number of β-amino-alcohol motifs (C(OH)–C–C–N with tert-alkyl or cyclic N) is 1. The van der Waals surface area contributed by atoms with Crippen molar-refractivity contribution in [1.29, 1.82) is 0 Å². The summed E-state index contributed by atoms with van der Waals surface area (Å²) >= 11 is 0. The number of imidazole rings is 1. The van der Waals surface area contributed by atoms with Crippen molar-refractivity contribution < 1.29 is 9.50 Å². The van der Waals surface area contributed by atoms with Crippen molar-refractivity contribution in [2.75, 3.05) is 18.0 Å². The molecular formula is C19H20FN3O. The summed E-state index contributed by atoms with van der Waals surface area (Å²) in [5, 5.41) is 10.0. The zero-order valence-electron chi connectivity index (χ0n) is 13.4. The number of hydrogen-bond acceptors (Lipinski definition) is 3. The average Bonchev–Trinajstić information content (AvgIpc) is 2.96. The standard InChI is InChI=1S/C19H20FN3O/c20-16-8-2-1-6-14(16)12-23-18-10-4-3-9-17(18)21-19(23)22-11-5-7-15(24)13-22/h1-4,6,8-10,15,24H,5,7,11-13H2. The summed E-state index contributed by atoms with van der Waals surface area (Å²) in [6.45, 7) is 1.85. The first kappa shape index (κ1) is 15.1. The van der Waals surface area contributed by atoms with E-state index in [1.165, 1.54) is 6.07 Å². The number of piperidine rings is 1. The fourth-order valence-electron chi connectivity index (χ4n) is 3.39. The molecular weight excluding hydrogens is 305 g/mol. The summed E-state index contributed by atoms with van der Waals surface area (Å²) in [7, 11) is 0. The molecule has 0 spiro atoms. The minimum absolute atomic E-state index is 0.208. The highest BCUT2D eigenvalue weighted by atomic mass is 19.1. The van der Waals surface area contributed by atoms with Crippen LogP contribution in [0, 0.1) is 5.82 Å². The number of aromatic nitrogens is 2.